The van der Waals surface area contributed by atoms with Crippen LogP contribution in [-0.2, 0) is 24.4 Å². The molecule has 4 heterocycles. The van der Waals surface area contributed by atoms with Crippen molar-refractivity contribution in [2.75, 3.05) is 19.8 Å². The Balaban J connectivity index is 1.31. The van der Waals surface area contributed by atoms with Gasteiger partial charge < -0.3 is 29.5 Å². The minimum absolute atomic E-state index is 0.0565. The van der Waals surface area contributed by atoms with E-state index in [1.54, 1.807) is 31.2 Å². The average molecular weight is 864 g/mol. The average Bonchev–Trinajstić information content (AvgIpc) is 4.12. The number of allylic oxidation sites excluding steroid dienone is 1. The molecule has 3 fully saturated rings. The minimum atomic E-state index is -5.08. The molecule has 3 N–H and O–H groups in total. The van der Waals surface area contributed by atoms with Crippen molar-refractivity contribution in [2.24, 2.45) is 17.8 Å². The number of amides is 4. The third-order valence-electron chi connectivity index (χ3n) is 12.9. The van der Waals surface area contributed by atoms with E-state index < -0.39 is 99.2 Å². The van der Waals surface area contributed by atoms with Crippen LogP contribution in [0.15, 0.2) is 36.5 Å². The number of ether oxygens (including phenoxy) is 3. The van der Waals surface area contributed by atoms with Gasteiger partial charge in [0.15, 0.2) is 11.5 Å². The highest BCUT2D eigenvalue weighted by Gasteiger charge is 2.64. The van der Waals surface area contributed by atoms with Crippen LogP contribution in [0.4, 0.5) is 18.0 Å². The van der Waals surface area contributed by atoms with Gasteiger partial charge in [-0.1, -0.05) is 39.8 Å². The quantitative estimate of drug-likeness (QED) is 0.277. The van der Waals surface area contributed by atoms with Gasteiger partial charge in [0.1, 0.15) is 42.5 Å². The van der Waals surface area contributed by atoms with Crippen molar-refractivity contribution in [3.05, 3.63) is 36.5 Å². The summed E-state index contributed by atoms with van der Waals surface area (Å²) in [6.07, 6.45) is -2.58. The number of benzene rings is 1. The van der Waals surface area contributed by atoms with E-state index in [-0.39, 0.29) is 42.5 Å². The topological polar surface area (TPSA) is 194 Å². The molecule has 0 bridgehead atoms. The number of pyridine rings is 1. The number of sulfonamides is 1. The molecule has 2 aliphatic carbocycles. The van der Waals surface area contributed by atoms with Crippen molar-refractivity contribution in [1.29, 1.82) is 0 Å². The Hall–Kier alpha value is -4.81. The number of carbonyl (C=O) groups is 4. The van der Waals surface area contributed by atoms with Crippen LogP contribution in [0, 0.1) is 17.8 Å². The van der Waals surface area contributed by atoms with Gasteiger partial charge in [0.05, 0.1) is 11.8 Å². The molecule has 0 radical (unpaired) electrons. The van der Waals surface area contributed by atoms with Gasteiger partial charge in [0.25, 0.3) is 5.91 Å². The molecule has 0 spiro atoms. The van der Waals surface area contributed by atoms with Gasteiger partial charge in [-0.3, -0.25) is 24.0 Å². The fourth-order valence-corrected chi connectivity index (χ4v) is 10.7. The molecule has 60 heavy (non-hydrogen) atoms. The van der Waals surface area contributed by atoms with Gasteiger partial charge >= 0.3 is 12.3 Å². The largest absolute Gasteiger partial charge is 0.486 e. The number of fused-ring (bicyclic) bond motifs is 5. The third kappa shape index (κ3) is 7.93. The highest BCUT2D eigenvalue weighted by Crippen LogP contribution is 2.48. The van der Waals surface area contributed by atoms with E-state index in [0.29, 0.717) is 61.2 Å². The minimum Gasteiger partial charge on any atom is -0.486 e. The Kier molecular flexibility index (Phi) is 11.7. The number of alkyl halides is 3. The van der Waals surface area contributed by atoms with E-state index in [0.717, 1.165) is 4.90 Å². The number of nitrogens with zero attached hydrogens (tertiary/aromatic N) is 3. The van der Waals surface area contributed by atoms with Crippen LogP contribution in [-0.4, -0.2) is 113 Å². The van der Waals surface area contributed by atoms with Gasteiger partial charge in [-0.2, -0.15) is 13.2 Å². The molecule has 328 valence electrons. The number of hydrogen-bond acceptors (Lipinski definition) is 10. The Morgan fingerprint density at radius 1 is 1.07 bits per heavy atom. The van der Waals surface area contributed by atoms with Crippen molar-refractivity contribution in [3.8, 4) is 17.4 Å². The van der Waals surface area contributed by atoms with Crippen LogP contribution in [0.3, 0.4) is 0 Å². The lowest BCUT2D eigenvalue weighted by Gasteiger charge is -2.48. The number of hydrogen-bond donors (Lipinski definition) is 3. The predicted octanol–water partition coefficient (Wildman–Crippen LogP) is 5.32. The van der Waals surface area contributed by atoms with Crippen molar-refractivity contribution in [1.82, 2.24) is 24.8 Å². The first kappa shape index (κ1) is 43.3. The summed E-state index contributed by atoms with van der Waals surface area (Å²) in [7, 11) is -4.03. The predicted molar refractivity (Wildman–Crippen MR) is 211 cm³/mol. The summed E-state index contributed by atoms with van der Waals surface area (Å²) in [5.74, 6) is -3.48. The van der Waals surface area contributed by atoms with Crippen LogP contribution >= 0.6 is 0 Å². The molecule has 15 nitrogen and oxygen atoms in total. The van der Waals surface area contributed by atoms with Crippen LogP contribution in [0.2, 0.25) is 0 Å². The summed E-state index contributed by atoms with van der Waals surface area (Å²) >= 11 is 0. The van der Waals surface area contributed by atoms with Crippen molar-refractivity contribution in [3.63, 3.8) is 0 Å². The second kappa shape index (κ2) is 16.2. The Bertz CT molecular complexity index is 2160. The van der Waals surface area contributed by atoms with Crippen LogP contribution in [0.25, 0.3) is 10.8 Å². The maximum Gasteiger partial charge on any atom is 0.411 e. The summed E-state index contributed by atoms with van der Waals surface area (Å²) in [6.45, 7) is 6.17. The summed E-state index contributed by atoms with van der Waals surface area (Å²) in [5.41, 5.74) is -4.66. The molecular weight excluding hydrogens is 812 g/mol. The second-order valence-electron chi connectivity index (χ2n) is 16.9. The van der Waals surface area contributed by atoms with E-state index in [1.807, 2.05) is 13.0 Å². The van der Waals surface area contributed by atoms with E-state index in [4.69, 9.17) is 14.2 Å². The molecule has 19 heteroatoms. The lowest BCUT2D eigenvalue weighted by atomic mass is 9.82. The smallest absolute Gasteiger partial charge is 0.411 e. The van der Waals surface area contributed by atoms with Gasteiger partial charge in [0, 0.05) is 29.3 Å². The van der Waals surface area contributed by atoms with E-state index in [1.165, 1.54) is 20.0 Å². The molecule has 1 aromatic carbocycles. The van der Waals surface area contributed by atoms with Gasteiger partial charge in [-0.25, -0.2) is 18.2 Å². The Morgan fingerprint density at radius 3 is 2.45 bits per heavy atom. The molecule has 7 atom stereocenters. The van der Waals surface area contributed by atoms with Crippen LogP contribution in [0.1, 0.15) is 85.5 Å². The fraction of sp³-hybridized carbons (Fsp3) is 0.634. The fourth-order valence-electron chi connectivity index (χ4n) is 9.33. The standard InChI is InChI=1S/C41H52F3N5O10S/c1-5-39(6-2,41(42,43)44)49(38(53)54)32-24(4)19-23(3)9-7-8-10-25-21-40(25,37(52)47-60(55,56)27-11-12-27)46-34(50)30-20-26(22-48(30)36(32)51)59-35-29-13-14-31-33(58-18-17-57-31)28(29)15-16-45-35/h8,10,13-16,23-27,30,32H,5-7,9,11-12,17-22H2,1-4H3,(H,46,50)(H,47,52)(H,53,54)/b10-8-/t23-,24-,25-,26-,30+,32+,40-/m1/s1. The zero-order valence-electron chi connectivity index (χ0n) is 34.0. The van der Waals surface area contributed by atoms with E-state index in [9.17, 15) is 27.9 Å². The van der Waals surface area contributed by atoms with E-state index in [2.05, 4.69) is 15.0 Å². The van der Waals surface area contributed by atoms with Gasteiger partial charge in [-0.15, -0.1) is 0 Å². The molecule has 3 aliphatic heterocycles. The van der Waals surface area contributed by atoms with Crippen molar-refractivity contribution >= 4 is 44.6 Å². The Morgan fingerprint density at radius 2 is 1.78 bits per heavy atom. The van der Waals surface area contributed by atoms with Gasteiger partial charge in [0.2, 0.25) is 27.7 Å². The second-order valence-corrected chi connectivity index (χ2v) is 18.8. The highest BCUT2D eigenvalue weighted by molar-refractivity contribution is 7.91. The Labute approximate surface area is 346 Å². The maximum absolute atomic E-state index is 15.2. The summed E-state index contributed by atoms with van der Waals surface area (Å²) in [4.78, 5) is 62.7. The first-order valence-corrected chi connectivity index (χ1v) is 22.2. The SMILES string of the molecule is CCC(CC)(N(C(=O)O)[C@@H]1C(=O)N2C[C@H](Oc3nccc4c5c(ccc34)OCCO5)C[C@H]2C(=O)N[C@]2(C(=O)NS(=O)(=O)C3CC3)C[C@H]2/C=C\CC[C@@H](C)C[C@H]1C)C(F)(F)F. The molecule has 0 unspecified atom stereocenters. The lowest BCUT2D eigenvalue weighted by Crippen LogP contribution is -2.68. The third-order valence-corrected chi connectivity index (χ3v) is 14.7. The molecule has 4 amide bonds. The molecule has 2 saturated carbocycles. The molecule has 1 aromatic heterocycles. The van der Waals surface area contributed by atoms with E-state index >= 15 is 18.0 Å². The van der Waals surface area contributed by atoms with Crippen LogP contribution < -0.4 is 24.2 Å². The van der Waals surface area contributed by atoms with Crippen molar-refractivity contribution in [2.45, 2.75) is 126 Å². The number of rotatable bonds is 9. The number of aromatic nitrogens is 1. The molecule has 1 saturated heterocycles. The molecule has 7 rings (SSSR count). The first-order chi connectivity index (χ1) is 28.4. The molecule has 2 aromatic rings. The summed E-state index contributed by atoms with van der Waals surface area (Å²) < 4.78 is 91.8. The first-order valence-electron chi connectivity index (χ1n) is 20.7. The van der Waals surface area contributed by atoms with Crippen LogP contribution in [0.5, 0.6) is 17.4 Å². The van der Waals surface area contributed by atoms with Gasteiger partial charge in [-0.05, 0) is 81.4 Å². The number of carbonyl (C=O) groups excluding carboxylic acids is 3. The zero-order chi connectivity index (χ0) is 43.4. The number of halogens is 3. The highest BCUT2D eigenvalue weighted by atomic mass is 32.2. The maximum atomic E-state index is 15.2. The lowest BCUT2D eigenvalue weighted by molar-refractivity contribution is -0.236. The number of nitrogens with one attached hydrogen (secondary N) is 2. The zero-order valence-corrected chi connectivity index (χ0v) is 34.8. The number of carboxylic acid groups (broad SMARTS) is 1. The summed E-state index contributed by atoms with van der Waals surface area (Å²) in [6, 6.07) is 1.74. The monoisotopic (exact) mass is 863 g/mol. The summed E-state index contributed by atoms with van der Waals surface area (Å²) in [5, 5.41) is 13.9. The normalized spacial score (nSPS) is 29.3. The van der Waals surface area contributed by atoms with Crippen molar-refractivity contribution < 1.29 is 60.1 Å². The molecular formula is C41H52F3N5O10S. The molecule has 5 aliphatic rings.